The Balaban J connectivity index is 2.34. The van der Waals surface area contributed by atoms with Gasteiger partial charge in [0.2, 0.25) is 0 Å². The van der Waals surface area contributed by atoms with Crippen LogP contribution in [0.3, 0.4) is 0 Å². The van der Waals surface area contributed by atoms with Gasteiger partial charge >= 0.3 is 0 Å². The molecular weight excluding hydrogens is 264 g/mol. The van der Waals surface area contributed by atoms with Gasteiger partial charge in [-0.2, -0.15) is 0 Å². The quantitative estimate of drug-likeness (QED) is 0.866. The third-order valence-electron chi connectivity index (χ3n) is 3.35. The SMILES string of the molecule is CCN(C)C(=O)c1ccc(-c2nccnc2C(C)C)nc1. The molecule has 110 valence electrons. The molecule has 0 aliphatic rings. The van der Waals surface area contributed by atoms with Crippen molar-refractivity contribution >= 4 is 5.91 Å². The predicted octanol–water partition coefficient (Wildman–Crippen LogP) is 2.75. The molecule has 0 bridgehead atoms. The number of aromatic nitrogens is 3. The maximum atomic E-state index is 12.1. The summed E-state index contributed by atoms with van der Waals surface area (Å²) < 4.78 is 0. The normalized spacial score (nSPS) is 10.7. The maximum Gasteiger partial charge on any atom is 0.255 e. The van der Waals surface area contributed by atoms with Gasteiger partial charge < -0.3 is 4.90 Å². The second-order valence-electron chi connectivity index (χ2n) is 5.20. The largest absolute Gasteiger partial charge is 0.342 e. The maximum absolute atomic E-state index is 12.1. The van der Waals surface area contributed by atoms with Crippen molar-refractivity contribution in [2.45, 2.75) is 26.7 Å². The summed E-state index contributed by atoms with van der Waals surface area (Å²) in [7, 11) is 1.77. The molecule has 5 heteroatoms. The van der Waals surface area contributed by atoms with Gasteiger partial charge in [0.25, 0.3) is 5.91 Å². The number of pyridine rings is 1. The molecule has 2 aromatic rings. The molecule has 0 fully saturated rings. The lowest BCUT2D eigenvalue weighted by Crippen LogP contribution is -2.26. The minimum atomic E-state index is -0.0280. The van der Waals surface area contributed by atoms with Gasteiger partial charge in [0.1, 0.15) is 5.69 Å². The second kappa shape index (κ2) is 6.43. The van der Waals surface area contributed by atoms with Crippen LogP contribution in [-0.4, -0.2) is 39.4 Å². The summed E-state index contributed by atoms with van der Waals surface area (Å²) in [5.74, 6) is 0.239. The monoisotopic (exact) mass is 284 g/mol. The van der Waals surface area contributed by atoms with Gasteiger partial charge in [-0.05, 0) is 25.0 Å². The highest BCUT2D eigenvalue weighted by atomic mass is 16.2. The van der Waals surface area contributed by atoms with Crippen LogP contribution in [0.4, 0.5) is 0 Å². The van der Waals surface area contributed by atoms with E-state index in [1.165, 1.54) is 0 Å². The summed E-state index contributed by atoms with van der Waals surface area (Å²) in [4.78, 5) is 26.8. The minimum absolute atomic E-state index is 0.0280. The molecule has 0 saturated carbocycles. The van der Waals surface area contributed by atoms with Crippen molar-refractivity contribution in [3.63, 3.8) is 0 Å². The van der Waals surface area contributed by atoms with Crippen LogP contribution in [0.5, 0.6) is 0 Å². The third kappa shape index (κ3) is 3.24. The van der Waals surface area contributed by atoms with Gasteiger partial charge in [0.05, 0.1) is 17.0 Å². The number of hydrogen-bond donors (Lipinski definition) is 0. The van der Waals surface area contributed by atoms with Crippen molar-refractivity contribution in [2.24, 2.45) is 0 Å². The molecule has 2 rings (SSSR count). The number of amides is 1. The van der Waals surface area contributed by atoms with Crippen LogP contribution in [-0.2, 0) is 0 Å². The second-order valence-corrected chi connectivity index (χ2v) is 5.20. The standard InChI is InChI=1S/C16H20N4O/c1-5-20(4)16(21)12-6-7-13(19-10-12)15-14(11(2)3)17-8-9-18-15/h6-11H,5H2,1-4H3. The zero-order valence-corrected chi connectivity index (χ0v) is 12.9. The number of carbonyl (C=O) groups excluding carboxylic acids is 1. The summed E-state index contributed by atoms with van der Waals surface area (Å²) >= 11 is 0. The van der Waals surface area contributed by atoms with E-state index >= 15 is 0 Å². The Hall–Kier alpha value is -2.30. The summed E-state index contributed by atoms with van der Waals surface area (Å²) in [6, 6.07) is 3.61. The Morgan fingerprint density at radius 2 is 1.90 bits per heavy atom. The fourth-order valence-electron chi connectivity index (χ4n) is 1.99. The van der Waals surface area contributed by atoms with E-state index < -0.39 is 0 Å². The topological polar surface area (TPSA) is 59.0 Å². The lowest BCUT2D eigenvalue weighted by molar-refractivity contribution is 0.0802. The molecule has 1 amide bonds. The van der Waals surface area contributed by atoms with Crippen molar-refractivity contribution in [1.29, 1.82) is 0 Å². The van der Waals surface area contributed by atoms with Crippen LogP contribution in [0.15, 0.2) is 30.7 Å². The van der Waals surface area contributed by atoms with Gasteiger partial charge in [-0.3, -0.25) is 19.7 Å². The van der Waals surface area contributed by atoms with Gasteiger partial charge in [0, 0.05) is 32.2 Å². The predicted molar refractivity (Wildman–Crippen MR) is 82.0 cm³/mol. The van der Waals surface area contributed by atoms with E-state index in [1.807, 2.05) is 13.0 Å². The first-order valence-electron chi connectivity index (χ1n) is 7.07. The molecule has 0 aliphatic carbocycles. The fourth-order valence-corrected chi connectivity index (χ4v) is 1.99. The number of rotatable bonds is 4. The van der Waals surface area contributed by atoms with Crippen LogP contribution < -0.4 is 0 Å². The summed E-state index contributed by atoms with van der Waals surface area (Å²) in [6.07, 6.45) is 4.95. The van der Waals surface area contributed by atoms with E-state index in [1.54, 1.807) is 36.6 Å². The van der Waals surface area contributed by atoms with E-state index in [0.717, 1.165) is 17.1 Å². The molecule has 0 aromatic carbocycles. The highest BCUT2D eigenvalue weighted by Gasteiger charge is 2.14. The van der Waals surface area contributed by atoms with Crippen LogP contribution >= 0.6 is 0 Å². The Morgan fingerprint density at radius 1 is 1.19 bits per heavy atom. The van der Waals surface area contributed by atoms with Gasteiger partial charge in [-0.25, -0.2) is 0 Å². The van der Waals surface area contributed by atoms with Crippen molar-refractivity contribution in [3.05, 3.63) is 42.0 Å². The average Bonchev–Trinajstić information content (AvgIpc) is 2.53. The third-order valence-corrected chi connectivity index (χ3v) is 3.35. The molecule has 0 aliphatic heterocycles. The Kier molecular flexibility index (Phi) is 4.62. The van der Waals surface area contributed by atoms with E-state index in [-0.39, 0.29) is 11.8 Å². The van der Waals surface area contributed by atoms with Crippen molar-refractivity contribution in [1.82, 2.24) is 19.9 Å². The zero-order chi connectivity index (χ0) is 15.4. The van der Waals surface area contributed by atoms with Crippen LogP contribution in [0.1, 0.15) is 42.7 Å². The van der Waals surface area contributed by atoms with Crippen LogP contribution in [0.2, 0.25) is 0 Å². The summed E-state index contributed by atoms with van der Waals surface area (Å²) in [5.41, 5.74) is 3.01. The number of hydrogen-bond acceptors (Lipinski definition) is 4. The van der Waals surface area contributed by atoms with Gasteiger partial charge in [-0.15, -0.1) is 0 Å². The first-order valence-corrected chi connectivity index (χ1v) is 7.07. The van der Waals surface area contributed by atoms with E-state index in [2.05, 4.69) is 28.8 Å². The molecule has 2 aromatic heterocycles. The molecular formula is C16H20N4O. The Bertz CT molecular complexity index is 622. The average molecular weight is 284 g/mol. The smallest absolute Gasteiger partial charge is 0.255 e. The lowest BCUT2D eigenvalue weighted by atomic mass is 10.1. The Labute approximate surface area is 125 Å². The van der Waals surface area contributed by atoms with Crippen molar-refractivity contribution in [2.75, 3.05) is 13.6 Å². The fraction of sp³-hybridized carbons (Fsp3) is 0.375. The molecule has 2 heterocycles. The minimum Gasteiger partial charge on any atom is -0.342 e. The van der Waals surface area contributed by atoms with Crippen molar-refractivity contribution in [3.8, 4) is 11.4 Å². The van der Waals surface area contributed by atoms with Crippen LogP contribution in [0.25, 0.3) is 11.4 Å². The van der Waals surface area contributed by atoms with Gasteiger partial charge in [-0.1, -0.05) is 13.8 Å². The molecule has 21 heavy (non-hydrogen) atoms. The molecule has 0 N–H and O–H groups in total. The molecule has 0 spiro atoms. The van der Waals surface area contributed by atoms with E-state index in [0.29, 0.717) is 12.1 Å². The highest BCUT2D eigenvalue weighted by molar-refractivity contribution is 5.94. The number of carbonyl (C=O) groups is 1. The molecule has 0 unspecified atom stereocenters. The van der Waals surface area contributed by atoms with Crippen molar-refractivity contribution < 1.29 is 4.79 Å². The van der Waals surface area contributed by atoms with E-state index in [4.69, 9.17) is 0 Å². The summed E-state index contributed by atoms with van der Waals surface area (Å²) in [6.45, 7) is 6.75. The van der Waals surface area contributed by atoms with Crippen LogP contribution in [0, 0.1) is 0 Å². The first-order chi connectivity index (χ1) is 10.0. The molecule has 0 atom stereocenters. The molecule has 5 nitrogen and oxygen atoms in total. The molecule has 0 radical (unpaired) electrons. The lowest BCUT2D eigenvalue weighted by Gasteiger charge is -2.14. The first kappa shape index (κ1) is 15.1. The van der Waals surface area contributed by atoms with Gasteiger partial charge in [0.15, 0.2) is 0 Å². The Morgan fingerprint density at radius 3 is 2.48 bits per heavy atom. The summed E-state index contributed by atoms with van der Waals surface area (Å²) in [5, 5.41) is 0. The highest BCUT2D eigenvalue weighted by Crippen LogP contribution is 2.23. The van der Waals surface area contributed by atoms with E-state index in [9.17, 15) is 4.79 Å². The zero-order valence-electron chi connectivity index (χ0n) is 12.9. The molecule has 0 saturated heterocycles. The number of nitrogens with zero attached hydrogens (tertiary/aromatic N) is 4.